The number of carbonyl (C=O) groups is 1. The van der Waals surface area contributed by atoms with Crippen molar-refractivity contribution in [2.45, 2.75) is 32.6 Å². The summed E-state index contributed by atoms with van der Waals surface area (Å²) in [5.74, 6) is 0.130. The van der Waals surface area contributed by atoms with Crippen LogP contribution in [0.25, 0.3) is 0 Å². The Morgan fingerprint density at radius 2 is 2.06 bits per heavy atom. The first-order valence-electron chi connectivity index (χ1n) is 6.29. The molecule has 0 heterocycles. The van der Waals surface area contributed by atoms with Crippen LogP contribution in [0.3, 0.4) is 0 Å². The monoisotopic (exact) mass is 229 g/mol. The van der Waals surface area contributed by atoms with E-state index in [1.165, 1.54) is 6.42 Å². The van der Waals surface area contributed by atoms with Gasteiger partial charge in [0.2, 0.25) is 0 Å². The maximum absolute atomic E-state index is 11.3. The molecule has 0 radical (unpaired) electrons. The van der Waals surface area contributed by atoms with Gasteiger partial charge in [-0.25, -0.2) is 0 Å². The van der Waals surface area contributed by atoms with E-state index in [1.54, 1.807) is 0 Å². The van der Waals surface area contributed by atoms with Gasteiger partial charge in [0.25, 0.3) is 0 Å². The number of esters is 1. The number of rotatable bonds is 9. The van der Waals surface area contributed by atoms with E-state index in [9.17, 15) is 4.79 Å². The van der Waals surface area contributed by atoms with Gasteiger partial charge in [0, 0.05) is 6.54 Å². The molecule has 4 nitrogen and oxygen atoms in total. The van der Waals surface area contributed by atoms with E-state index in [0.29, 0.717) is 19.8 Å². The quantitative estimate of drug-likeness (QED) is 0.479. The summed E-state index contributed by atoms with van der Waals surface area (Å²) in [4.78, 5) is 11.3. The minimum atomic E-state index is -0.0426. The second-order valence-electron chi connectivity index (χ2n) is 4.16. The van der Waals surface area contributed by atoms with Crippen LogP contribution in [0.5, 0.6) is 0 Å². The Kier molecular flexibility index (Phi) is 7.17. The number of carbonyl (C=O) groups excluding carboxylic acids is 1. The molecule has 0 aromatic carbocycles. The Hall–Kier alpha value is -0.610. The van der Waals surface area contributed by atoms with Gasteiger partial charge in [-0.15, -0.1) is 0 Å². The summed E-state index contributed by atoms with van der Waals surface area (Å²) >= 11 is 0. The van der Waals surface area contributed by atoms with Crippen LogP contribution in [-0.4, -0.2) is 38.9 Å². The van der Waals surface area contributed by atoms with Crippen LogP contribution in [0.2, 0.25) is 0 Å². The molecule has 1 aliphatic rings. The van der Waals surface area contributed by atoms with Gasteiger partial charge in [0.05, 0.1) is 19.1 Å². The molecule has 94 valence electrons. The molecule has 0 saturated heterocycles. The van der Waals surface area contributed by atoms with E-state index in [0.717, 1.165) is 32.4 Å². The van der Waals surface area contributed by atoms with Crippen LogP contribution in [0.4, 0.5) is 0 Å². The molecule has 16 heavy (non-hydrogen) atoms. The highest BCUT2D eigenvalue weighted by atomic mass is 16.6. The second-order valence-corrected chi connectivity index (χ2v) is 4.16. The Morgan fingerprint density at radius 3 is 2.69 bits per heavy atom. The van der Waals surface area contributed by atoms with Gasteiger partial charge in [-0.3, -0.25) is 4.79 Å². The molecule has 0 atom stereocenters. The highest BCUT2D eigenvalue weighted by Gasteiger charge is 2.26. The molecule has 0 unspecified atom stereocenters. The number of nitrogens with one attached hydrogen (secondary N) is 1. The average molecular weight is 229 g/mol. The molecule has 1 rings (SSSR count). The molecule has 1 N–H and O–H groups in total. The summed E-state index contributed by atoms with van der Waals surface area (Å²) in [5.41, 5.74) is 0. The summed E-state index contributed by atoms with van der Waals surface area (Å²) in [6.07, 6.45) is 4.31. The Morgan fingerprint density at radius 1 is 1.25 bits per heavy atom. The lowest BCUT2D eigenvalue weighted by atomic mass is 9.86. The molecule has 1 saturated carbocycles. The van der Waals surface area contributed by atoms with Gasteiger partial charge in [0.15, 0.2) is 0 Å². The maximum Gasteiger partial charge on any atom is 0.309 e. The average Bonchev–Trinajstić information content (AvgIpc) is 2.19. The number of ether oxygens (including phenoxy) is 2. The third-order valence-corrected chi connectivity index (χ3v) is 2.76. The molecule has 0 aliphatic heterocycles. The normalized spacial score (nSPS) is 15.8. The van der Waals surface area contributed by atoms with Crippen LogP contribution in [0.15, 0.2) is 0 Å². The fraction of sp³-hybridized carbons (Fsp3) is 0.917. The molecule has 0 spiro atoms. The zero-order valence-corrected chi connectivity index (χ0v) is 10.2. The van der Waals surface area contributed by atoms with Crippen molar-refractivity contribution in [1.82, 2.24) is 5.32 Å². The van der Waals surface area contributed by atoms with Crippen molar-refractivity contribution in [3.63, 3.8) is 0 Å². The minimum absolute atomic E-state index is 0.0426. The molecular weight excluding hydrogens is 206 g/mol. The van der Waals surface area contributed by atoms with Crippen LogP contribution < -0.4 is 5.32 Å². The Bertz CT molecular complexity index is 193. The van der Waals surface area contributed by atoms with Crippen molar-refractivity contribution in [3.8, 4) is 0 Å². The van der Waals surface area contributed by atoms with Crippen LogP contribution in [0.1, 0.15) is 32.6 Å². The van der Waals surface area contributed by atoms with E-state index >= 15 is 0 Å². The van der Waals surface area contributed by atoms with Gasteiger partial charge in [-0.1, -0.05) is 13.3 Å². The third kappa shape index (κ3) is 5.47. The van der Waals surface area contributed by atoms with Crippen LogP contribution in [-0.2, 0) is 14.3 Å². The number of hydrogen-bond donors (Lipinski definition) is 1. The van der Waals surface area contributed by atoms with Crippen molar-refractivity contribution in [1.29, 1.82) is 0 Å². The third-order valence-electron chi connectivity index (χ3n) is 2.76. The van der Waals surface area contributed by atoms with Crippen molar-refractivity contribution in [3.05, 3.63) is 0 Å². The highest BCUT2D eigenvalue weighted by molar-refractivity contribution is 5.73. The first-order chi connectivity index (χ1) is 7.84. The van der Waals surface area contributed by atoms with E-state index in [4.69, 9.17) is 9.47 Å². The molecular formula is C12H23NO3. The summed E-state index contributed by atoms with van der Waals surface area (Å²) < 4.78 is 10.4. The van der Waals surface area contributed by atoms with Gasteiger partial charge >= 0.3 is 5.97 Å². The van der Waals surface area contributed by atoms with Crippen molar-refractivity contribution < 1.29 is 14.3 Å². The fourth-order valence-corrected chi connectivity index (χ4v) is 1.51. The van der Waals surface area contributed by atoms with Crippen LogP contribution in [0, 0.1) is 5.92 Å². The van der Waals surface area contributed by atoms with E-state index in [2.05, 4.69) is 12.2 Å². The lowest BCUT2D eigenvalue weighted by molar-refractivity contribution is -0.152. The van der Waals surface area contributed by atoms with Gasteiger partial charge in [-0.05, 0) is 25.8 Å². The topological polar surface area (TPSA) is 47.6 Å². The second kappa shape index (κ2) is 8.53. The molecule has 1 fully saturated rings. The lowest BCUT2D eigenvalue weighted by Crippen LogP contribution is -2.26. The Labute approximate surface area is 97.7 Å². The van der Waals surface area contributed by atoms with E-state index in [-0.39, 0.29) is 11.9 Å². The maximum atomic E-state index is 11.3. The minimum Gasteiger partial charge on any atom is -0.463 e. The summed E-state index contributed by atoms with van der Waals surface area (Å²) in [7, 11) is 0. The van der Waals surface area contributed by atoms with E-state index in [1.807, 2.05) is 0 Å². The number of hydrogen-bond acceptors (Lipinski definition) is 4. The summed E-state index contributed by atoms with van der Waals surface area (Å²) in [5, 5.41) is 3.24. The molecule has 0 aromatic heterocycles. The van der Waals surface area contributed by atoms with Crippen molar-refractivity contribution in [2.24, 2.45) is 5.92 Å². The van der Waals surface area contributed by atoms with Crippen molar-refractivity contribution in [2.75, 3.05) is 32.9 Å². The fourth-order valence-electron chi connectivity index (χ4n) is 1.51. The SMILES string of the molecule is CCCNCCOCCOC(=O)C1CCC1. The first kappa shape index (κ1) is 13.5. The molecule has 0 aromatic rings. The summed E-state index contributed by atoms with van der Waals surface area (Å²) in [6.45, 7) is 5.61. The van der Waals surface area contributed by atoms with E-state index < -0.39 is 0 Å². The standard InChI is InChI=1S/C12H23NO3/c1-2-6-13-7-8-15-9-10-16-12(14)11-4-3-5-11/h11,13H,2-10H2,1H3. The molecule has 0 amide bonds. The summed E-state index contributed by atoms with van der Waals surface area (Å²) in [6, 6.07) is 0. The Balaban J connectivity index is 1.79. The zero-order valence-electron chi connectivity index (χ0n) is 10.2. The predicted octanol–water partition coefficient (Wildman–Crippen LogP) is 1.35. The van der Waals surface area contributed by atoms with Gasteiger partial charge < -0.3 is 14.8 Å². The van der Waals surface area contributed by atoms with Crippen molar-refractivity contribution >= 4 is 5.97 Å². The predicted molar refractivity (Wildman–Crippen MR) is 62.3 cm³/mol. The highest BCUT2D eigenvalue weighted by Crippen LogP contribution is 2.27. The van der Waals surface area contributed by atoms with Gasteiger partial charge in [-0.2, -0.15) is 0 Å². The van der Waals surface area contributed by atoms with Gasteiger partial charge in [0.1, 0.15) is 6.61 Å². The molecule has 0 bridgehead atoms. The first-order valence-corrected chi connectivity index (χ1v) is 6.29. The van der Waals surface area contributed by atoms with Crippen LogP contribution >= 0.6 is 0 Å². The lowest BCUT2D eigenvalue weighted by Gasteiger charge is -2.22. The zero-order chi connectivity index (χ0) is 11.6. The molecule has 1 aliphatic carbocycles. The molecule has 4 heteroatoms. The largest absolute Gasteiger partial charge is 0.463 e. The smallest absolute Gasteiger partial charge is 0.309 e.